The predicted octanol–water partition coefficient (Wildman–Crippen LogP) is 2.47. The molecule has 1 aliphatic rings. The second-order valence-corrected chi connectivity index (χ2v) is 5.27. The lowest BCUT2D eigenvalue weighted by Gasteiger charge is -2.07. The second kappa shape index (κ2) is 6.78. The van der Waals surface area contributed by atoms with Gasteiger partial charge < -0.3 is 15.8 Å². The SMILES string of the molecule is Nc1ccc(C(=O)NCCCOCC2CC2)cc1Cl. The van der Waals surface area contributed by atoms with Crippen molar-refractivity contribution in [3.05, 3.63) is 28.8 Å². The molecule has 1 aliphatic carbocycles. The highest BCUT2D eigenvalue weighted by Crippen LogP contribution is 2.28. The number of rotatable bonds is 7. The molecule has 0 bridgehead atoms. The summed E-state index contributed by atoms with van der Waals surface area (Å²) in [5.74, 6) is 0.649. The maximum atomic E-state index is 11.8. The van der Waals surface area contributed by atoms with Crippen LogP contribution in [0, 0.1) is 5.92 Å². The van der Waals surface area contributed by atoms with Crippen LogP contribution in [-0.4, -0.2) is 25.7 Å². The van der Waals surface area contributed by atoms with Gasteiger partial charge in [-0.05, 0) is 43.4 Å². The fraction of sp³-hybridized carbons (Fsp3) is 0.500. The van der Waals surface area contributed by atoms with Crippen molar-refractivity contribution in [3.63, 3.8) is 0 Å². The summed E-state index contributed by atoms with van der Waals surface area (Å²) in [5, 5.41) is 3.23. The van der Waals surface area contributed by atoms with Crippen LogP contribution in [0.3, 0.4) is 0 Å². The van der Waals surface area contributed by atoms with Gasteiger partial charge in [0.15, 0.2) is 0 Å². The van der Waals surface area contributed by atoms with E-state index in [1.165, 1.54) is 12.8 Å². The molecule has 0 unspecified atom stereocenters. The van der Waals surface area contributed by atoms with E-state index in [1.807, 2.05) is 0 Å². The van der Waals surface area contributed by atoms with Crippen LogP contribution in [0.1, 0.15) is 29.6 Å². The Morgan fingerprint density at radius 1 is 1.47 bits per heavy atom. The molecule has 5 heteroatoms. The number of ether oxygens (including phenoxy) is 1. The van der Waals surface area contributed by atoms with E-state index in [0.717, 1.165) is 18.9 Å². The normalized spacial score (nSPS) is 14.4. The summed E-state index contributed by atoms with van der Waals surface area (Å²) in [5.41, 5.74) is 6.60. The molecule has 0 atom stereocenters. The Balaban J connectivity index is 1.63. The van der Waals surface area contributed by atoms with Crippen LogP contribution in [0.2, 0.25) is 5.02 Å². The van der Waals surface area contributed by atoms with Crippen LogP contribution in [0.15, 0.2) is 18.2 Å². The van der Waals surface area contributed by atoms with E-state index in [4.69, 9.17) is 22.1 Å². The van der Waals surface area contributed by atoms with Gasteiger partial charge in [0.05, 0.1) is 10.7 Å². The third-order valence-corrected chi connectivity index (χ3v) is 3.39. The number of benzene rings is 1. The number of carbonyl (C=O) groups excluding carboxylic acids is 1. The highest BCUT2D eigenvalue weighted by Gasteiger charge is 2.20. The van der Waals surface area contributed by atoms with Crippen molar-refractivity contribution < 1.29 is 9.53 Å². The Labute approximate surface area is 118 Å². The van der Waals surface area contributed by atoms with Crippen LogP contribution in [-0.2, 0) is 4.74 Å². The second-order valence-electron chi connectivity index (χ2n) is 4.86. The zero-order chi connectivity index (χ0) is 13.7. The van der Waals surface area contributed by atoms with Crippen molar-refractivity contribution in [2.45, 2.75) is 19.3 Å². The third-order valence-electron chi connectivity index (χ3n) is 3.06. The molecule has 1 saturated carbocycles. The Kier molecular flexibility index (Phi) is 5.05. The van der Waals surface area contributed by atoms with Gasteiger partial charge in [-0.3, -0.25) is 4.79 Å². The molecule has 0 spiro atoms. The number of nitrogen functional groups attached to an aromatic ring is 1. The zero-order valence-corrected chi connectivity index (χ0v) is 11.6. The molecule has 0 saturated heterocycles. The molecule has 0 radical (unpaired) electrons. The molecule has 1 fully saturated rings. The van der Waals surface area contributed by atoms with Crippen LogP contribution in [0.25, 0.3) is 0 Å². The van der Waals surface area contributed by atoms with E-state index in [-0.39, 0.29) is 5.91 Å². The van der Waals surface area contributed by atoms with Gasteiger partial charge in [0.1, 0.15) is 0 Å². The summed E-state index contributed by atoms with van der Waals surface area (Å²) in [6.07, 6.45) is 3.42. The maximum Gasteiger partial charge on any atom is 0.251 e. The molecule has 0 aromatic heterocycles. The average Bonchev–Trinajstić information content (AvgIpc) is 3.20. The van der Waals surface area contributed by atoms with Crippen molar-refractivity contribution in [3.8, 4) is 0 Å². The Morgan fingerprint density at radius 2 is 2.26 bits per heavy atom. The monoisotopic (exact) mass is 282 g/mol. The number of nitrogens with one attached hydrogen (secondary N) is 1. The average molecular weight is 283 g/mol. The van der Waals surface area contributed by atoms with Gasteiger partial charge in [0.25, 0.3) is 5.91 Å². The van der Waals surface area contributed by atoms with E-state index in [1.54, 1.807) is 18.2 Å². The molecule has 3 N–H and O–H groups in total. The molecular formula is C14H19ClN2O2. The van der Waals surface area contributed by atoms with Gasteiger partial charge >= 0.3 is 0 Å². The van der Waals surface area contributed by atoms with E-state index in [9.17, 15) is 4.79 Å². The molecule has 1 aromatic carbocycles. The van der Waals surface area contributed by atoms with E-state index in [0.29, 0.717) is 29.4 Å². The standard InChI is InChI=1S/C14H19ClN2O2/c15-12-8-11(4-5-13(12)16)14(18)17-6-1-7-19-9-10-2-3-10/h4-5,8,10H,1-3,6-7,9,16H2,(H,17,18). The number of amides is 1. The van der Waals surface area contributed by atoms with Gasteiger partial charge in [0.2, 0.25) is 0 Å². The summed E-state index contributed by atoms with van der Waals surface area (Å²) >= 11 is 5.87. The van der Waals surface area contributed by atoms with Gasteiger partial charge in [-0.25, -0.2) is 0 Å². The molecule has 0 aliphatic heterocycles. The highest BCUT2D eigenvalue weighted by molar-refractivity contribution is 6.33. The van der Waals surface area contributed by atoms with E-state index in [2.05, 4.69) is 5.32 Å². The largest absolute Gasteiger partial charge is 0.398 e. The van der Waals surface area contributed by atoms with Crippen molar-refractivity contribution in [2.24, 2.45) is 5.92 Å². The van der Waals surface area contributed by atoms with Crippen LogP contribution >= 0.6 is 11.6 Å². The quantitative estimate of drug-likeness (QED) is 0.596. The molecule has 104 valence electrons. The van der Waals surface area contributed by atoms with Crippen molar-refractivity contribution in [1.82, 2.24) is 5.32 Å². The van der Waals surface area contributed by atoms with Crippen molar-refractivity contribution >= 4 is 23.2 Å². The topological polar surface area (TPSA) is 64.4 Å². The van der Waals surface area contributed by atoms with Gasteiger partial charge in [0, 0.05) is 25.3 Å². The first kappa shape index (κ1) is 14.2. The van der Waals surface area contributed by atoms with Crippen LogP contribution in [0.5, 0.6) is 0 Å². The molecular weight excluding hydrogens is 264 g/mol. The van der Waals surface area contributed by atoms with E-state index < -0.39 is 0 Å². The molecule has 1 amide bonds. The highest BCUT2D eigenvalue weighted by atomic mass is 35.5. The fourth-order valence-corrected chi connectivity index (χ4v) is 1.86. The van der Waals surface area contributed by atoms with Gasteiger partial charge in [-0.15, -0.1) is 0 Å². The lowest BCUT2D eigenvalue weighted by molar-refractivity contribution is 0.0937. The summed E-state index contributed by atoms with van der Waals surface area (Å²) in [4.78, 5) is 11.8. The first-order valence-corrected chi connectivity index (χ1v) is 6.95. The lowest BCUT2D eigenvalue weighted by Crippen LogP contribution is -2.25. The molecule has 4 nitrogen and oxygen atoms in total. The lowest BCUT2D eigenvalue weighted by atomic mass is 10.2. The minimum absolute atomic E-state index is 0.135. The van der Waals surface area contributed by atoms with Crippen LogP contribution in [0.4, 0.5) is 5.69 Å². The maximum absolute atomic E-state index is 11.8. The van der Waals surface area contributed by atoms with E-state index >= 15 is 0 Å². The third kappa shape index (κ3) is 4.73. The van der Waals surface area contributed by atoms with Crippen LogP contribution < -0.4 is 11.1 Å². The number of anilines is 1. The molecule has 2 rings (SSSR count). The number of carbonyl (C=O) groups is 1. The Bertz CT molecular complexity index is 447. The molecule has 0 heterocycles. The minimum Gasteiger partial charge on any atom is -0.398 e. The van der Waals surface area contributed by atoms with Crippen molar-refractivity contribution in [1.29, 1.82) is 0 Å². The Hall–Kier alpha value is -1.26. The summed E-state index contributed by atoms with van der Waals surface area (Å²) in [6, 6.07) is 4.88. The first-order valence-electron chi connectivity index (χ1n) is 6.58. The number of hydrogen-bond acceptors (Lipinski definition) is 3. The summed E-state index contributed by atoms with van der Waals surface area (Å²) in [6.45, 7) is 2.16. The Morgan fingerprint density at radius 3 is 2.95 bits per heavy atom. The van der Waals surface area contributed by atoms with Crippen molar-refractivity contribution in [2.75, 3.05) is 25.5 Å². The summed E-state index contributed by atoms with van der Waals surface area (Å²) in [7, 11) is 0. The smallest absolute Gasteiger partial charge is 0.251 e. The molecule has 1 aromatic rings. The number of nitrogens with two attached hydrogens (primary N) is 1. The number of hydrogen-bond donors (Lipinski definition) is 2. The predicted molar refractivity (Wildman–Crippen MR) is 76.4 cm³/mol. The van der Waals surface area contributed by atoms with Gasteiger partial charge in [-0.2, -0.15) is 0 Å². The first-order chi connectivity index (χ1) is 9.16. The molecule has 19 heavy (non-hydrogen) atoms. The fourth-order valence-electron chi connectivity index (χ4n) is 1.68. The minimum atomic E-state index is -0.135. The zero-order valence-electron chi connectivity index (χ0n) is 10.8. The summed E-state index contributed by atoms with van der Waals surface area (Å²) < 4.78 is 5.49. The van der Waals surface area contributed by atoms with Gasteiger partial charge in [-0.1, -0.05) is 11.6 Å². The number of halogens is 1.